The number of hydrazone groups is 1. The molecule has 0 aliphatic carbocycles. The van der Waals surface area contributed by atoms with Gasteiger partial charge in [-0.25, -0.2) is 10.2 Å². The van der Waals surface area contributed by atoms with Gasteiger partial charge in [0, 0.05) is 28.2 Å². The quantitative estimate of drug-likeness (QED) is 0.0945. The van der Waals surface area contributed by atoms with E-state index in [0.717, 1.165) is 41.0 Å². The van der Waals surface area contributed by atoms with Gasteiger partial charge in [0.15, 0.2) is 0 Å². The van der Waals surface area contributed by atoms with Crippen LogP contribution in [0.15, 0.2) is 96.1 Å². The van der Waals surface area contributed by atoms with Crippen molar-refractivity contribution in [3.8, 4) is 5.69 Å². The first-order valence-electron chi connectivity index (χ1n) is 14.1. The third kappa shape index (κ3) is 7.81. The van der Waals surface area contributed by atoms with Gasteiger partial charge in [-0.05, 0) is 68.3 Å². The number of hydrogen-bond acceptors (Lipinski definition) is 5. The monoisotopic (exact) mass is 564 g/mol. The first-order chi connectivity index (χ1) is 20.4. The molecule has 0 saturated carbocycles. The largest absolute Gasteiger partial charge is 0.462 e. The molecule has 1 aromatic heterocycles. The van der Waals surface area contributed by atoms with Crippen LogP contribution in [0.4, 0.5) is 0 Å². The van der Waals surface area contributed by atoms with E-state index < -0.39 is 6.04 Å². The molecule has 8 heteroatoms. The van der Waals surface area contributed by atoms with Crippen LogP contribution < -0.4 is 10.7 Å². The normalized spacial score (nSPS) is 11.7. The fourth-order valence-electron chi connectivity index (χ4n) is 4.63. The zero-order valence-electron chi connectivity index (χ0n) is 24.2. The van der Waals surface area contributed by atoms with Crippen molar-refractivity contribution >= 4 is 24.0 Å². The van der Waals surface area contributed by atoms with E-state index >= 15 is 0 Å². The number of nitrogens with one attached hydrogen (secondary N) is 2. The maximum absolute atomic E-state index is 12.9. The molecule has 0 unspecified atom stereocenters. The Kier molecular flexibility index (Phi) is 10.4. The molecule has 2 amide bonds. The molecule has 4 aromatic rings. The number of carbonyl (C=O) groups excluding carboxylic acids is 3. The maximum Gasteiger partial charge on any atom is 0.338 e. The molecule has 0 spiro atoms. The molecule has 0 aliphatic heterocycles. The fourth-order valence-corrected chi connectivity index (χ4v) is 4.63. The number of aromatic nitrogens is 1. The molecule has 3 aromatic carbocycles. The lowest BCUT2D eigenvalue weighted by Crippen LogP contribution is -2.32. The van der Waals surface area contributed by atoms with Crippen LogP contribution in [-0.4, -0.2) is 35.2 Å². The van der Waals surface area contributed by atoms with Gasteiger partial charge in [0.25, 0.3) is 5.91 Å². The molecule has 8 nitrogen and oxygen atoms in total. The number of ether oxygens (including phenoxy) is 1. The average Bonchev–Trinajstić information content (AvgIpc) is 3.29. The molecule has 1 heterocycles. The van der Waals surface area contributed by atoms with E-state index in [0.29, 0.717) is 17.7 Å². The van der Waals surface area contributed by atoms with Crippen molar-refractivity contribution in [2.24, 2.45) is 5.10 Å². The van der Waals surface area contributed by atoms with Crippen LogP contribution in [0.5, 0.6) is 0 Å². The predicted octanol–water partition coefficient (Wildman–Crippen LogP) is 6.06. The Morgan fingerprint density at radius 1 is 0.905 bits per heavy atom. The van der Waals surface area contributed by atoms with Gasteiger partial charge in [0.2, 0.25) is 5.91 Å². The number of hydrogen-bond donors (Lipinski definition) is 2. The second kappa shape index (κ2) is 14.6. The van der Waals surface area contributed by atoms with E-state index in [4.69, 9.17) is 4.74 Å². The summed E-state index contributed by atoms with van der Waals surface area (Å²) in [6.45, 7) is 6.41. The van der Waals surface area contributed by atoms with Crippen molar-refractivity contribution in [3.63, 3.8) is 0 Å². The number of benzene rings is 3. The van der Waals surface area contributed by atoms with Crippen LogP contribution in [0.2, 0.25) is 0 Å². The van der Waals surface area contributed by atoms with Gasteiger partial charge < -0.3 is 14.6 Å². The maximum atomic E-state index is 12.9. The molecule has 42 heavy (non-hydrogen) atoms. The van der Waals surface area contributed by atoms with Crippen molar-refractivity contribution in [3.05, 3.63) is 125 Å². The van der Waals surface area contributed by atoms with E-state index in [1.54, 1.807) is 42.6 Å². The number of rotatable bonds is 12. The molecular weight excluding hydrogens is 528 g/mol. The highest BCUT2D eigenvalue weighted by atomic mass is 16.5. The van der Waals surface area contributed by atoms with Gasteiger partial charge in [0.05, 0.1) is 30.8 Å². The van der Waals surface area contributed by atoms with Crippen molar-refractivity contribution in [1.82, 2.24) is 15.3 Å². The van der Waals surface area contributed by atoms with Crippen molar-refractivity contribution < 1.29 is 19.1 Å². The highest BCUT2D eigenvalue weighted by Crippen LogP contribution is 2.21. The van der Waals surface area contributed by atoms with Crippen molar-refractivity contribution in [1.29, 1.82) is 0 Å². The van der Waals surface area contributed by atoms with Crippen LogP contribution >= 0.6 is 0 Å². The zero-order valence-corrected chi connectivity index (χ0v) is 24.2. The lowest BCUT2D eigenvalue weighted by Gasteiger charge is -2.18. The number of unbranched alkanes of at least 4 members (excludes halogenated alkanes) is 1. The number of esters is 1. The third-order valence-corrected chi connectivity index (χ3v) is 6.89. The Labute approximate surface area is 246 Å². The summed E-state index contributed by atoms with van der Waals surface area (Å²) < 4.78 is 7.35. The van der Waals surface area contributed by atoms with E-state index in [1.807, 2.05) is 75.4 Å². The summed E-state index contributed by atoms with van der Waals surface area (Å²) in [6, 6.07) is 27.0. The molecule has 0 aliphatic rings. The average molecular weight is 565 g/mol. The number of nitrogens with zero attached hydrogens (tertiary/aromatic N) is 2. The molecule has 0 saturated heterocycles. The molecule has 0 fully saturated rings. The second-order valence-corrected chi connectivity index (χ2v) is 10.00. The van der Waals surface area contributed by atoms with Crippen LogP contribution in [0.1, 0.15) is 75.5 Å². The third-order valence-electron chi connectivity index (χ3n) is 6.89. The van der Waals surface area contributed by atoms with Gasteiger partial charge in [-0.3, -0.25) is 9.59 Å². The van der Waals surface area contributed by atoms with Crippen LogP contribution in [0.3, 0.4) is 0 Å². The van der Waals surface area contributed by atoms with Gasteiger partial charge >= 0.3 is 5.97 Å². The minimum Gasteiger partial charge on any atom is -0.462 e. The summed E-state index contributed by atoms with van der Waals surface area (Å²) in [5.41, 5.74) is 8.11. The van der Waals surface area contributed by atoms with Gasteiger partial charge in [-0.15, -0.1) is 0 Å². The molecule has 0 radical (unpaired) electrons. The number of carbonyl (C=O) groups is 3. The van der Waals surface area contributed by atoms with E-state index in [2.05, 4.69) is 20.4 Å². The summed E-state index contributed by atoms with van der Waals surface area (Å²) in [6.07, 6.45) is 3.44. The Balaban J connectivity index is 1.41. The lowest BCUT2D eigenvalue weighted by atomic mass is 10.0. The Morgan fingerprint density at radius 2 is 1.57 bits per heavy atom. The second-order valence-electron chi connectivity index (χ2n) is 10.00. The van der Waals surface area contributed by atoms with Crippen molar-refractivity contribution in [2.75, 3.05) is 6.61 Å². The summed E-state index contributed by atoms with van der Waals surface area (Å²) in [4.78, 5) is 37.9. The van der Waals surface area contributed by atoms with Crippen LogP contribution in [-0.2, 0) is 9.53 Å². The van der Waals surface area contributed by atoms with Gasteiger partial charge in [-0.2, -0.15) is 5.10 Å². The Morgan fingerprint density at radius 3 is 2.24 bits per heavy atom. The highest BCUT2D eigenvalue weighted by molar-refractivity contribution is 5.95. The smallest absolute Gasteiger partial charge is 0.338 e. The first-order valence-corrected chi connectivity index (χ1v) is 14.1. The van der Waals surface area contributed by atoms with E-state index in [-0.39, 0.29) is 24.2 Å². The Bertz CT molecular complexity index is 1530. The number of amides is 2. The highest BCUT2D eigenvalue weighted by Gasteiger charge is 2.19. The molecule has 2 N–H and O–H groups in total. The molecule has 4 rings (SSSR count). The standard InChI is InChI=1S/C34H36N4O4/c1-4-5-20-42-34(41)28-16-18-30(19-17-28)38-24(2)21-29(25(38)3)23-35-37-32(39)22-31(26-12-8-6-9-13-26)36-33(40)27-14-10-7-11-15-27/h6-19,21,23,31H,4-5,20,22H2,1-3H3,(H,36,40)(H,37,39)/b35-23-/t31-/m0/s1. The fraction of sp³-hybridized carbons (Fsp3) is 0.235. The van der Waals surface area contributed by atoms with Crippen LogP contribution in [0.25, 0.3) is 5.69 Å². The Hall–Kier alpha value is -4.98. The summed E-state index contributed by atoms with van der Waals surface area (Å²) in [5, 5.41) is 7.16. The van der Waals surface area contributed by atoms with E-state index in [9.17, 15) is 14.4 Å². The summed E-state index contributed by atoms with van der Waals surface area (Å²) in [5.74, 6) is -0.910. The number of aryl methyl sites for hydroxylation is 1. The zero-order chi connectivity index (χ0) is 29.9. The summed E-state index contributed by atoms with van der Waals surface area (Å²) in [7, 11) is 0. The lowest BCUT2D eigenvalue weighted by molar-refractivity contribution is -0.121. The van der Waals surface area contributed by atoms with Gasteiger partial charge in [-0.1, -0.05) is 61.9 Å². The predicted molar refractivity (Wildman–Crippen MR) is 164 cm³/mol. The van der Waals surface area contributed by atoms with Gasteiger partial charge in [0.1, 0.15) is 0 Å². The molecule has 0 bridgehead atoms. The minimum absolute atomic E-state index is 0.0200. The molecule has 1 atom stereocenters. The van der Waals surface area contributed by atoms with E-state index in [1.165, 1.54) is 0 Å². The van der Waals surface area contributed by atoms with Crippen LogP contribution in [0, 0.1) is 13.8 Å². The van der Waals surface area contributed by atoms with Crippen molar-refractivity contribution in [2.45, 2.75) is 46.1 Å². The SMILES string of the molecule is CCCCOC(=O)c1ccc(-n2c(C)cc(/C=N\NC(=O)C[C@H](NC(=O)c3ccccc3)c3ccccc3)c2C)cc1. The first kappa shape index (κ1) is 30.0. The summed E-state index contributed by atoms with van der Waals surface area (Å²) >= 11 is 0. The minimum atomic E-state index is -0.522. The molecular formula is C34H36N4O4. The molecule has 216 valence electrons. The topological polar surface area (TPSA) is 102 Å².